The fourth-order valence-corrected chi connectivity index (χ4v) is 2.56. The lowest BCUT2D eigenvalue weighted by atomic mass is 10.1. The number of nitrogen functional groups attached to an aromatic ring is 1. The first-order valence-corrected chi connectivity index (χ1v) is 6.73. The van der Waals surface area contributed by atoms with Gasteiger partial charge in [0.2, 0.25) is 0 Å². The van der Waals surface area contributed by atoms with Crippen LogP contribution in [0.2, 0.25) is 0 Å². The van der Waals surface area contributed by atoms with Crippen LogP contribution in [0.1, 0.15) is 0 Å². The summed E-state index contributed by atoms with van der Waals surface area (Å²) in [6, 6.07) is 18.6. The normalized spacial score (nSPS) is 11.1. The van der Waals surface area contributed by atoms with E-state index in [0.717, 1.165) is 12.2 Å². The third-order valence-electron chi connectivity index (χ3n) is 3.51. The van der Waals surface area contributed by atoms with E-state index in [4.69, 9.17) is 10.5 Å². The minimum absolute atomic E-state index is 0.688. The maximum atomic E-state index is 5.89. The summed E-state index contributed by atoms with van der Waals surface area (Å²) in [5.41, 5.74) is 10.3. The zero-order chi connectivity index (χ0) is 13.9. The minimum atomic E-state index is 0.688. The van der Waals surface area contributed by atoms with E-state index >= 15 is 0 Å². The minimum Gasteiger partial charge on any atom is -0.399 e. The van der Waals surface area contributed by atoms with Crippen LogP contribution in [0.25, 0.3) is 22.2 Å². The van der Waals surface area contributed by atoms with Crippen molar-refractivity contribution in [3.05, 3.63) is 54.6 Å². The largest absolute Gasteiger partial charge is 0.399 e. The third-order valence-corrected chi connectivity index (χ3v) is 3.51. The van der Waals surface area contributed by atoms with Crippen LogP contribution >= 0.6 is 0 Å². The number of ether oxygens (including phenoxy) is 1. The zero-order valence-electron chi connectivity index (χ0n) is 11.5. The van der Waals surface area contributed by atoms with E-state index in [1.54, 1.807) is 7.11 Å². The monoisotopic (exact) mass is 266 g/mol. The highest BCUT2D eigenvalue weighted by atomic mass is 16.5. The van der Waals surface area contributed by atoms with Gasteiger partial charge in [-0.2, -0.15) is 0 Å². The van der Waals surface area contributed by atoms with Crippen LogP contribution in [0, 0.1) is 0 Å². The number of nitrogens with two attached hydrogens (primary N) is 1. The van der Waals surface area contributed by atoms with Crippen LogP contribution in [0.5, 0.6) is 0 Å². The van der Waals surface area contributed by atoms with Crippen LogP contribution in [0.4, 0.5) is 5.69 Å². The molecule has 0 radical (unpaired) electrons. The predicted molar refractivity (Wildman–Crippen MR) is 83.7 cm³/mol. The Labute approximate surface area is 118 Å². The van der Waals surface area contributed by atoms with Crippen molar-refractivity contribution in [1.29, 1.82) is 0 Å². The lowest BCUT2D eigenvalue weighted by Gasteiger charge is -2.10. The van der Waals surface area contributed by atoms with Crippen molar-refractivity contribution in [3.63, 3.8) is 0 Å². The molecule has 0 atom stereocenters. The van der Waals surface area contributed by atoms with E-state index in [0.29, 0.717) is 6.61 Å². The van der Waals surface area contributed by atoms with Crippen molar-refractivity contribution in [3.8, 4) is 11.3 Å². The van der Waals surface area contributed by atoms with Gasteiger partial charge in [-0.05, 0) is 29.8 Å². The quantitative estimate of drug-likeness (QED) is 0.734. The molecule has 0 unspecified atom stereocenters. The molecule has 0 saturated carbocycles. The average molecular weight is 266 g/mol. The number of hydrogen-bond acceptors (Lipinski definition) is 2. The summed E-state index contributed by atoms with van der Waals surface area (Å²) < 4.78 is 7.52. The van der Waals surface area contributed by atoms with Crippen molar-refractivity contribution in [1.82, 2.24) is 4.57 Å². The standard InChI is InChI=1S/C17H18N2O/c1-20-10-9-19-16-8-7-15(18)11-14(16)12-17(19)13-5-3-2-4-6-13/h2-8,11-12H,9-10,18H2,1H3. The number of rotatable bonds is 4. The van der Waals surface area contributed by atoms with E-state index in [2.05, 4.69) is 41.0 Å². The van der Waals surface area contributed by atoms with Crippen molar-refractivity contribution >= 4 is 16.6 Å². The second-order valence-electron chi connectivity index (χ2n) is 4.86. The highest BCUT2D eigenvalue weighted by Crippen LogP contribution is 2.29. The maximum Gasteiger partial charge on any atom is 0.0642 e. The Morgan fingerprint density at radius 1 is 1.05 bits per heavy atom. The van der Waals surface area contributed by atoms with Gasteiger partial charge >= 0.3 is 0 Å². The maximum absolute atomic E-state index is 5.89. The molecule has 20 heavy (non-hydrogen) atoms. The highest BCUT2D eigenvalue weighted by Gasteiger charge is 2.10. The zero-order valence-corrected chi connectivity index (χ0v) is 11.5. The molecule has 1 heterocycles. The molecule has 2 aromatic carbocycles. The van der Waals surface area contributed by atoms with Gasteiger partial charge in [-0.3, -0.25) is 0 Å². The van der Waals surface area contributed by atoms with Crippen LogP contribution in [-0.4, -0.2) is 18.3 Å². The molecule has 0 amide bonds. The molecule has 0 aliphatic heterocycles. The average Bonchev–Trinajstić information content (AvgIpc) is 2.83. The van der Waals surface area contributed by atoms with E-state index < -0.39 is 0 Å². The molecule has 3 rings (SSSR count). The molecular formula is C17H18N2O. The fourth-order valence-electron chi connectivity index (χ4n) is 2.56. The first kappa shape index (κ1) is 12.8. The molecule has 102 valence electrons. The SMILES string of the molecule is COCCn1c(-c2ccccc2)cc2cc(N)ccc21. The Bertz CT molecular complexity index is 716. The molecule has 3 aromatic rings. The van der Waals surface area contributed by atoms with Crippen molar-refractivity contribution in [2.24, 2.45) is 0 Å². The summed E-state index contributed by atoms with van der Waals surface area (Å²) in [6.07, 6.45) is 0. The lowest BCUT2D eigenvalue weighted by molar-refractivity contribution is 0.189. The summed E-state index contributed by atoms with van der Waals surface area (Å²) in [6.45, 7) is 1.52. The van der Waals surface area contributed by atoms with E-state index in [1.165, 1.54) is 22.2 Å². The van der Waals surface area contributed by atoms with Crippen molar-refractivity contribution in [2.45, 2.75) is 6.54 Å². The van der Waals surface area contributed by atoms with Gasteiger partial charge < -0.3 is 15.0 Å². The summed E-state index contributed by atoms with van der Waals surface area (Å²) >= 11 is 0. The Morgan fingerprint density at radius 3 is 2.60 bits per heavy atom. The molecule has 3 heteroatoms. The number of anilines is 1. The van der Waals surface area contributed by atoms with Crippen LogP contribution in [-0.2, 0) is 11.3 Å². The van der Waals surface area contributed by atoms with Crippen LogP contribution < -0.4 is 5.73 Å². The first-order valence-electron chi connectivity index (χ1n) is 6.73. The van der Waals surface area contributed by atoms with Gasteiger partial charge in [-0.15, -0.1) is 0 Å². The fraction of sp³-hybridized carbons (Fsp3) is 0.176. The van der Waals surface area contributed by atoms with Gasteiger partial charge in [-0.25, -0.2) is 0 Å². The van der Waals surface area contributed by atoms with Gasteiger partial charge in [0.05, 0.1) is 6.61 Å². The first-order chi connectivity index (χ1) is 9.79. The second-order valence-corrected chi connectivity index (χ2v) is 4.86. The van der Waals surface area contributed by atoms with Gasteiger partial charge in [0.1, 0.15) is 0 Å². The van der Waals surface area contributed by atoms with Gasteiger partial charge in [0, 0.05) is 35.9 Å². The van der Waals surface area contributed by atoms with Gasteiger partial charge in [-0.1, -0.05) is 30.3 Å². The number of nitrogens with zero attached hydrogens (tertiary/aromatic N) is 1. The van der Waals surface area contributed by atoms with Crippen molar-refractivity contribution in [2.75, 3.05) is 19.5 Å². The van der Waals surface area contributed by atoms with Crippen LogP contribution in [0.3, 0.4) is 0 Å². The van der Waals surface area contributed by atoms with E-state index in [-0.39, 0.29) is 0 Å². The molecule has 0 aliphatic carbocycles. The number of fused-ring (bicyclic) bond motifs is 1. The summed E-state index contributed by atoms with van der Waals surface area (Å²) in [5.74, 6) is 0. The summed E-state index contributed by atoms with van der Waals surface area (Å²) in [5, 5.41) is 1.17. The number of aromatic nitrogens is 1. The van der Waals surface area contributed by atoms with Crippen LogP contribution in [0.15, 0.2) is 54.6 Å². The number of methoxy groups -OCH3 is 1. The Hall–Kier alpha value is -2.26. The van der Waals surface area contributed by atoms with Gasteiger partial charge in [0.25, 0.3) is 0 Å². The molecule has 1 aromatic heterocycles. The summed E-state index contributed by atoms with van der Waals surface area (Å²) in [7, 11) is 1.73. The smallest absolute Gasteiger partial charge is 0.0642 e. The molecule has 3 nitrogen and oxygen atoms in total. The molecule has 0 aliphatic rings. The number of hydrogen-bond donors (Lipinski definition) is 1. The number of benzene rings is 2. The van der Waals surface area contributed by atoms with E-state index in [9.17, 15) is 0 Å². The van der Waals surface area contributed by atoms with Gasteiger partial charge in [0.15, 0.2) is 0 Å². The lowest BCUT2D eigenvalue weighted by Crippen LogP contribution is -2.05. The molecule has 0 fully saturated rings. The molecule has 2 N–H and O–H groups in total. The topological polar surface area (TPSA) is 40.2 Å². The predicted octanol–water partition coefficient (Wildman–Crippen LogP) is 3.54. The Balaban J connectivity index is 2.19. The molecule has 0 saturated heterocycles. The molecular weight excluding hydrogens is 248 g/mol. The highest BCUT2D eigenvalue weighted by molar-refractivity contribution is 5.89. The molecule has 0 spiro atoms. The van der Waals surface area contributed by atoms with Crippen molar-refractivity contribution < 1.29 is 4.74 Å². The van der Waals surface area contributed by atoms with E-state index in [1.807, 2.05) is 18.2 Å². The summed E-state index contributed by atoms with van der Waals surface area (Å²) in [4.78, 5) is 0. The molecule has 0 bridgehead atoms. The third kappa shape index (κ3) is 2.28. The Kier molecular flexibility index (Phi) is 3.44. The second kappa shape index (κ2) is 5.39. The Morgan fingerprint density at radius 2 is 1.85 bits per heavy atom.